The summed E-state index contributed by atoms with van der Waals surface area (Å²) in [5.41, 5.74) is 0. The van der Waals surface area contributed by atoms with Crippen molar-refractivity contribution in [3.05, 3.63) is 0 Å². The molecule has 5 nitrogen and oxygen atoms in total. The molecule has 1 saturated heterocycles. The third kappa shape index (κ3) is 3.69. The highest BCUT2D eigenvalue weighted by Crippen LogP contribution is 2.19. The topological polar surface area (TPSA) is 66.8 Å². The first kappa shape index (κ1) is 13.9. The summed E-state index contributed by atoms with van der Waals surface area (Å²) < 4.78 is 30.3. The molecule has 2 atom stereocenters. The summed E-state index contributed by atoms with van der Waals surface area (Å²) in [6, 6.07) is 0. The number of aliphatic hydroxyl groups is 1. The summed E-state index contributed by atoms with van der Waals surface area (Å²) in [6.07, 6.45) is 0.146. The summed E-state index contributed by atoms with van der Waals surface area (Å²) in [4.78, 5) is 0. The fraction of sp³-hybridized carbons (Fsp3) is 1.00. The number of hydrogen-bond donors (Lipinski definition) is 1. The van der Waals surface area contributed by atoms with E-state index in [0.717, 1.165) is 0 Å². The molecule has 1 N–H and O–H groups in total. The second-order valence-electron chi connectivity index (χ2n) is 4.20. The van der Waals surface area contributed by atoms with E-state index in [1.54, 1.807) is 0 Å². The summed E-state index contributed by atoms with van der Waals surface area (Å²) in [7, 11) is -3.21. The van der Waals surface area contributed by atoms with Crippen LogP contribution in [0.25, 0.3) is 0 Å². The highest BCUT2D eigenvalue weighted by Gasteiger charge is 2.31. The Bertz CT molecular complexity index is 304. The molecule has 0 aliphatic carbocycles. The Morgan fingerprint density at radius 2 is 2.19 bits per heavy atom. The van der Waals surface area contributed by atoms with Crippen LogP contribution in [-0.4, -0.2) is 56.0 Å². The predicted octanol–water partition coefficient (Wildman–Crippen LogP) is 0.0554. The number of piperidine rings is 1. The molecule has 1 heterocycles. The van der Waals surface area contributed by atoms with Crippen LogP contribution in [0.15, 0.2) is 0 Å². The zero-order valence-electron chi connectivity index (χ0n) is 9.92. The van der Waals surface area contributed by atoms with Gasteiger partial charge in [0.05, 0.1) is 18.5 Å². The first-order valence-corrected chi connectivity index (χ1v) is 7.32. The largest absolute Gasteiger partial charge is 0.393 e. The first-order chi connectivity index (χ1) is 7.47. The average Bonchev–Trinajstić information content (AvgIpc) is 2.22. The lowest BCUT2D eigenvalue weighted by Crippen LogP contribution is -2.46. The molecule has 1 fully saturated rings. The van der Waals surface area contributed by atoms with Gasteiger partial charge in [0.1, 0.15) is 0 Å². The van der Waals surface area contributed by atoms with Crippen molar-refractivity contribution in [3.63, 3.8) is 0 Å². The lowest BCUT2D eigenvalue weighted by atomic mass is 9.99. The van der Waals surface area contributed by atoms with E-state index in [-0.39, 0.29) is 24.4 Å². The van der Waals surface area contributed by atoms with Gasteiger partial charge in [0.25, 0.3) is 0 Å². The molecular formula is C10H21NO4S. The Morgan fingerprint density at radius 1 is 1.50 bits per heavy atom. The minimum atomic E-state index is -3.21. The average molecular weight is 251 g/mol. The minimum Gasteiger partial charge on any atom is -0.393 e. The Balaban J connectivity index is 2.49. The first-order valence-electron chi connectivity index (χ1n) is 5.71. The number of sulfonamides is 1. The maximum absolute atomic E-state index is 11.9. The van der Waals surface area contributed by atoms with Crippen molar-refractivity contribution in [2.24, 2.45) is 5.92 Å². The Kier molecular flexibility index (Phi) is 5.17. The number of hydrogen-bond acceptors (Lipinski definition) is 4. The van der Waals surface area contributed by atoms with Gasteiger partial charge in [-0.1, -0.05) is 6.92 Å². The quantitative estimate of drug-likeness (QED) is 0.701. The molecule has 16 heavy (non-hydrogen) atoms. The van der Waals surface area contributed by atoms with Crippen LogP contribution in [0.5, 0.6) is 0 Å². The molecule has 0 bridgehead atoms. The van der Waals surface area contributed by atoms with Crippen LogP contribution in [0.2, 0.25) is 0 Å². The highest BCUT2D eigenvalue weighted by atomic mass is 32.2. The number of rotatable bonds is 5. The molecule has 0 spiro atoms. The third-order valence-electron chi connectivity index (χ3n) is 2.91. The second-order valence-corrected chi connectivity index (χ2v) is 6.29. The fourth-order valence-corrected chi connectivity index (χ4v) is 3.22. The van der Waals surface area contributed by atoms with Gasteiger partial charge in [-0.05, 0) is 19.3 Å². The van der Waals surface area contributed by atoms with Crippen LogP contribution in [0.3, 0.4) is 0 Å². The van der Waals surface area contributed by atoms with Crippen molar-refractivity contribution in [1.82, 2.24) is 4.31 Å². The van der Waals surface area contributed by atoms with Gasteiger partial charge in [-0.15, -0.1) is 0 Å². The van der Waals surface area contributed by atoms with E-state index in [0.29, 0.717) is 26.1 Å². The smallest absolute Gasteiger partial charge is 0.216 e. The number of nitrogens with zero attached hydrogens (tertiary/aromatic N) is 1. The normalized spacial score (nSPS) is 28.2. The van der Waals surface area contributed by atoms with Crippen LogP contribution in [0.4, 0.5) is 0 Å². The van der Waals surface area contributed by atoms with E-state index in [1.807, 2.05) is 13.8 Å². The molecule has 0 aromatic carbocycles. The molecular weight excluding hydrogens is 230 g/mol. The summed E-state index contributed by atoms with van der Waals surface area (Å²) in [5, 5.41) is 9.53. The molecule has 1 aliphatic rings. The molecule has 1 rings (SSSR count). The van der Waals surface area contributed by atoms with Gasteiger partial charge in [0.15, 0.2) is 0 Å². The molecule has 0 aromatic heterocycles. The van der Waals surface area contributed by atoms with E-state index < -0.39 is 10.0 Å². The molecule has 0 aromatic rings. The van der Waals surface area contributed by atoms with Crippen molar-refractivity contribution in [1.29, 1.82) is 0 Å². The summed E-state index contributed by atoms with van der Waals surface area (Å²) >= 11 is 0. The Hall–Kier alpha value is -0.170. The highest BCUT2D eigenvalue weighted by molar-refractivity contribution is 7.89. The van der Waals surface area contributed by atoms with E-state index >= 15 is 0 Å². The van der Waals surface area contributed by atoms with Crippen molar-refractivity contribution >= 4 is 10.0 Å². The summed E-state index contributed by atoms with van der Waals surface area (Å²) in [6.45, 7) is 5.31. The zero-order valence-corrected chi connectivity index (χ0v) is 10.7. The van der Waals surface area contributed by atoms with Crippen molar-refractivity contribution in [2.45, 2.75) is 26.4 Å². The minimum absolute atomic E-state index is 0.00983. The van der Waals surface area contributed by atoms with Crippen molar-refractivity contribution in [2.75, 3.05) is 32.1 Å². The zero-order chi connectivity index (χ0) is 12.2. The monoisotopic (exact) mass is 251 g/mol. The van der Waals surface area contributed by atoms with E-state index in [4.69, 9.17) is 4.74 Å². The Morgan fingerprint density at radius 3 is 2.75 bits per heavy atom. The molecule has 96 valence electrons. The molecule has 0 radical (unpaired) electrons. The van der Waals surface area contributed by atoms with Crippen LogP contribution in [0, 0.1) is 5.92 Å². The third-order valence-corrected chi connectivity index (χ3v) is 4.71. The maximum Gasteiger partial charge on any atom is 0.216 e. The number of ether oxygens (including phenoxy) is 1. The van der Waals surface area contributed by atoms with Gasteiger partial charge in [-0.2, -0.15) is 0 Å². The standard InChI is InChI=1S/C10H21NO4S/c1-3-15-6-7-16(13,14)11-5-4-10(12)9(2)8-11/h9-10,12H,3-8H2,1-2H3. The molecule has 6 heteroatoms. The van der Waals surface area contributed by atoms with Crippen LogP contribution in [0.1, 0.15) is 20.3 Å². The van der Waals surface area contributed by atoms with Crippen LogP contribution >= 0.6 is 0 Å². The molecule has 0 saturated carbocycles. The van der Waals surface area contributed by atoms with Gasteiger partial charge in [0, 0.05) is 19.7 Å². The van der Waals surface area contributed by atoms with Crippen molar-refractivity contribution < 1.29 is 18.3 Å². The molecule has 1 aliphatic heterocycles. The molecule has 2 unspecified atom stereocenters. The van der Waals surface area contributed by atoms with Crippen LogP contribution < -0.4 is 0 Å². The SMILES string of the molecule is CCOCCS(=O)(=O)N1CCC(O)C(C)C1. The van der Waals surface area contributed by atoms with E-state index in [2.05, 4.69) is 0 Å². The van der Waals surface area contributed by atoms with Gasteiger partial charge < -0.3 is 9.84 Å². The van der Waals surface area contributed by atoms with Crippen molar-refractivity contribution in [3.8, 4) is 0 Å². The second kappa shape index (κ2) is 5.95. The fourth-order valence-electron chi connectivity index (χ4n) is 1.79. The summed E-state index contributed by atoms with van der Waals surface area (Å²) in [5.74, 6) is 0.0412. The maximum atomic E-state index is 11.9. The predicted molar refractivity (Wildman–Crippen MR) is 61.6 cm³/mol. The van der Waals surface area contributed by atoms with Gasteiger partial charge in [0.2, 0.25) is 10.0 Å². The number of aliphatic hydroxyl groups excluding tert-OH is 1. The van der Waals surface area contributed by atoms with Gasteiger partial charge >= 0.3 is 0 Å². The molecule has 0 amide bonds. The van der Waals surface area contributed by atoms with Gasteiger partial charge in [-0.3, -0.25) is 0 Å². The van der Waals surface area contributed by atoms with Crippen LogP contribution in [-0.2, 0) is 14.8 Å². The lowest BCUT2D eigenvalue weighted by molar-refractivity contribution is 0.0625. The van der Waals surface area contributed by atoms with E-state index in [1.165, 1.54) is 4.31 Å². The lowest BCUT2D eigenvalue weighted by Gasteiger charge is -2.33. The Labute approximate surface area is 97.4 Å². The van der Waals surface area contributed by atoms with E-state index in [9.17, 15) is 13.5 Å². The van der Waals surface area contributed by atoms with Gasteiger partial charge in [-0.25, -0.2) is 12.7 Å².